The van der Waals surface area contributed by atoms with Crippen molar-refractivity contribution in [3.8, 4) is 0 Å². The minimum Gasteiger partial charge on any atom is -0.298 e. The molecule has 0 bridgehead atoms. The predicted molar refractivity (Wildman–Crippen MR) is 49.5 cm³/mol. The molecule has 0 aromatic carbocycles. The molecule has 0 radical (unpaired) electrons. The number of carbonyl (C=O) groups excluding carboxylic acids is 1. The Kier molecular flexibility index (Phi) is 2.68. The molecule has 0 aliphatic carbocycles. The Balaban J connectivity index is 2.63. The van der Waals surface area contributed by atoms with E-state index in [4.69, 9.17) is 0 Å². The molecule has 1 saturated heterocycles. The molecule has 2 unspecified atom stereocenters. The topological polar surface area (TPSA) is 20.3 Å². The van der Waals surface area contributed by atoms with Crippen LogP contribution in [0.1, 0.15) is 13.3 Å². The maximum Gasteiger partial charge on any atom is 0.147 e. The molecule has 2 atom stereocenters. The van der Waals surface area contributed by atoms with Gasteiger partial charge in [0.25, 0.3) is 0 Å². The van der Waals surface area contributed by atoms with Gasteiger partial charge in [-0.05, 0) is 26.9 Å². The number of likely N-dealkylation sites (N-methyl/N-ethyl adjacent to an activating group) is 1. The summed E-state index contributed by atoms with van der Waals surface area (Å²) in [7, 11) is 2.02. The van der Waals surface area contributed by atoms with E-state index in [1.807, 2.05) is 7.05 Å². The highest BCUT2D eigenvalue weighted by molar-refractivity contribution is 14.1. The Hall–Kier alpha value is 0.360. The molecule has 0 saturated carbocycles. The highest BCUT2D eigenvalue weighted by Gasteiger charge is 2.32. The molecule has 0 spiro atoms. The Morgan fingerprint density at radius 1 is 1.70 bits per heavy atom. The Morgan fingerprint density at radius 3 is 2.50 bits per heavy atom. The molecular weight excluding hydrogens is 241 g/mol. The van der Waals surface area contributed by atoms with Gasteiger partial charge in [-0.1, -0.05) is 22.6 Å². The Bertz CT molecular complexity index is 139. The van der Waals surface area contributed by atoms with Crippen LogP contribution in [0, 0.1) is 0 Å². The quantitative estimate of drug-likeness (QED) is 0.515. The number of hydrogen-bond donors (Lipinski definition) is 0. The number of rotatable bonds is 1. The SMILES string of the molecule is CC(=O)C1C(I)CCN1C. The van der Waals surface area contributed by atoms with Gasteiger partial charge >= 0.3 is 0 Å². The zero-order valence-electron chi connectivity index (χ0n) is 6.30. The van der Waals surface area contributed by atoms with Crippen LogP contribution in [0.3, 0.4) is 0 Å². The highest BCUT2D eigenvalue weighted by atomic mass is 127. The Morgan fingerprint density at radius 2 is 2.30 bits per heavy atom. The number of alkyl halides is 1. The average molecular weight is 253 g/mol. The van der Waals surface area contributed by atoms with E-state index >= 15 is 0 Å². The molecule has 0 N–H and O–H groups in total. The number of carbonyl (C=O) groups is 1. The van der Waals surface area contributed by atoms with Crippen molar-refractivity contribution < 1.29 is 4.79 Å². The van der Waals surface area contributed by atoms with Crippen molar-refractivity contribution in [3.63, 3.8) is 0 Å². The summed E-state index contributed by atoms with van der Waals surface area (Å²) in [4.78, 5) is 13.2. The molecule has 58 valence electrons. The third kappa shape index (κ3) is 1.50. The van der Waals surface area contributed by atoms with Crippen LogP contribution in [0.5, 0.6) is 0 Å². The minimum absolute atomic E-state index is 0.181. The fourth-order valence-corrected chi connectivity index (χ4v) is 2.80. The normalized spacial score (nSPS) is 34.7. The molecule has 0 amide bonds. The van der Waals surface area contributed by atoms with E-state index in [-0.39, 0.29) is 6.04 Å². The lowest BCUT2D eigenvalue weighted by molar-refractivity contribution is -0.120. The summed E-state index contributed by atoms with van der Waals surface area (Å²) in [5, 5.41) is 0. The van der Waals surface area contributed by atoms with E-state index in [1.165, 1.54) is 0 Å². The number of hydrogen-bond acceptors (Lipinski definition) is 2. The van der Waals surface area contributed by atoms with Crippen LogP contribution in [0.2, 0.25) is 0 Å². The van der Waals surface area contributed by atoms with Crippen LogP contribution >= 0.6 is 22.6 Å². The van der Waals surface area contributed by atoms with Gasteiger partial charge in [-0.3, -0.25) is 9.69 Å². The molecule has 1 heterocycles. The Labute approximate surface area is 75.1 Å². The zero-order chi connectivity index (χ0) is 7.72. The molecule has 2 nitrogen and oxygen atoms in total. The van der Waals surface area contributed by atoms with Crippen molar-refractivity contribution in [1.82, 2.24) is 4.90 Å². The van der Waals surface area contributed by atoms with Gasteiger partial charge in [0.05, 0.1) is 6.04 Å². The molecule has 1 aliphatic rings. The monoisotopic (exact) mass is 253 g/mol. The first kappa shape index (κ1) is 8.46. The van der Waals surface area contributed by atoms with Crippen LogP contribution < -0.4 is 0 Å². The van der Waals surface area contributed by atoms with Crippen LogP contribution in [0.15, 0.2) is 0 Å². The second-order valence-corrected chi connectivity index (χ2v) is 4.44. The van der Waals surface area contributed by atoms with E-state index in [1.54, 1.807) is 6.92 Å². The van der Waals surface area contributed by atoms with Gasteiger partial charge in [0.2, 0.25) is 0 Å². The van der Waals surface area contributed by atoms with Crippen molar-refractivity contribution in [2.75, 3.05) is 13.6 Å². The molecule has 0 aromatic rings. The van der Waals surface area contributed by atoms with Crippen molar-refractivity contribution in [1.29, 1.82) is 0 Å². The molecule has 1 aliphatic heterocycles. The van der Waals surface area contributed by atoms with Gasteiger partial charge in [0.15, 0.2) is 0 Å². The van der Waals surface area contributed by atoms with Gasteiger partial charge in [-0.15, -0.1) is 0 Å². The summed E-state index contributed by atoms with van der Waals surface area (Å²) in [5.74, 6) is 0.305. The zero-order valence-corrected chi connectivity index (χ0v) is 8.46. The summed E-state index contributed by atoms with van der Waals surface area (Å²) in [6, 6.07) is 0.181. The van der Waals surface area contributed by atoms with Crippen LogP contribution in [-0.4, -0.2) is 34.2 Å². The fourth-order valence-electron chi connectivity index (χ4n) is 1.47. The van der Waals surface area contributed by atoms with Crippen LogP contribution in [0.4, 0.5) is 0 Å². The lowest BCUT2D eigenvalue weighted by atomic mass is 10.1. The molecule has 0 aromatic heterocycles. The molecule has 1 rings (SSSR count). The summed E-state index contributed by atoms with van der Waals surface area (Å²) in [5.41, 5.74) is 0. The first-order chi connectivity index (χ1) is 4.63. The lowest BCUT2D eigenvalue weighted by Gasteiger charge is -2.18. The summed E-state index contributed by atoms with van der Waals surface area (Å²) < 4.78 is 0.528. The van der Waals surface area contributed by atoms with E-state index in [0.717, 1.165) is 13.0 Å². The van der Waals surface area contributed by atoms with Crippen molar-refractivity contribution in [2.24, 2.45) is 0 Å². The second kappa shape index (κ2) is 3.17. The van der Waals surface area contributed by atoms with Crippen molar-refractivity contribution in [3.05, 3.63) is 0 Å². The fraction of sp³-hybridized carbons (Fsp3) is 0.857. The first-order valence-corrected chi connectivity index (χ1v) is 4.72. The maximum atomic E-state index is 11.0. The van der Waals surface area contributed by atoms with Gasteiger partial charge in [-0.25, -0.2) is 0 Å². The lowest BCUT2D eigenvalue weighted by Crippen LogP contribution is -2.35. The largest absolute Gasteiger partial charge is 0.298 e. The van der Waals surface area contributed by atoms with Gasteiger partial charge in [0, 0.05) is 3.92 Å². The molecule has 1 fully saturated rings. The summed E-state index contributed by atoms with van der Waals surface area (Å²) >= 11 is 2.36. The van der Waals surface area contributed by atoms with E-state index in [0.29, 0.717) is 9.71 Å². The molecule has 10 heavy (non-hydrogen) atoms. The van der Waals surface area contributed by atoms with E-state index in [2.05, 4.69) is 27.5 Å². The average Bonchev–Trinajstić information content (AvgIpc) is 2.11. The van der Waals surface area contributed by atoms with Gasteiger partial charge < -0.3 is 0 Å². The standard InChI is InChI=1S/C7H12INO/c1-5(10)7-6(8)3-4-9(7)2/h6-7H,3-4H2,1-2H3. The van der Waals surface area contributed by atoms with E-state index < -0.39 is 0 Å². The van der Waals surface area contributed by atoms with E-state index in [9.17, 15) is 4.79 Å². The van der Waals surface area contributed by atoms with Gasteiger partial charge in [0.1, 0.15) is 5.78 Å². The van der Waals surface area contributed by atoms with Crippen molar-refractivity contribution >= 4 is 28.4 Å². The van der Waals surface area contributed by atoms with Crippen molar-refractivity contribution in [2.45, 2.75) is 23.3 Å². The molecule has 3 heteroatoms. The molecular formula is C7H12INO. The maximum absolute atomic E-state index is 11.0. The third-order valence-corrected chi connectivity index (χ3v) is 3.30. The second-order valence-electron chi connectivity index (χ2n) is 2.84. The number of Topliss-reactive ketones (excluding diaryl/α,β-unsaturated/α-hetero) is 1. The predicted octanol–water partition coefficient (Wildman–Crippen LogP) is 1.08. The number of likely N-dealkylation sites (tertiary alicyclic amines) is 1. The third-order valence-electron chi connectivity index (χ3n) is 1.99. The summed E-state index contributed by atoms with van der Waals surface area (Å²) in [6.45, 7) is 2.75. The number of nitrogens with zero attached hydrogens (tertiary/aromatic N) is 1. The smallest absolute Gasteiger partial charge is 0.147 e. The highest BCUT2D eigenvalue weighted by Crippen LogP contribution is 2.23. The first-order valence-electron chi connectivity index (χ1n) is 3.47. The van der Waals surface area contributed by atoms with Crippen LogP contribution in [-0.2, 0) is 4.79 Å². The minimum atomic E-state index is 0.181. The number of halogens is 1. The van der Waals surface area contributed by atoms with Gasteiger partial charge in [-0.2, -0.15) is 0 Å². The van der Waals surface area contributed by atoms with Crippen LogP contribution in [0.25, 0.3) is 0 Å². The summed E-state index contributed by atoms with van der Waals surface area (Å²) in [6.07, 6.45) is 1.15. The number of ketones is 1.